The maximum absolute atomic E-state index is 12.6. The van der Waals surface area contributed by atoms with Crippen LogP contribution < -0.4 is 10.0 Å². The Morgan fingerprint density at radius 2 is 2.09 bits per heavy atom. The molecule has 2 N–H and O–H groups in total. The smallest absolute Gasteiger partial charge is 0.267 e. The van der Waals surface area contributed by atoms with Crippen LogP contribution >= 0.6 is 0 Å². The molecule has 1 aliphatic heterocycles. The molecule has 0 fully saturated rings. The molecule has 0 unspecified atom stereocenters. The minimum atomic E-state index is -3.73. The molecule has 6 nitrogen and oxygen atoms in total. The maximum atomic E-state index is 12.6. The third kappa shape index (κ3) is 3.10. The summed E-state index contributed by atoms with van der Waals surface area (Å²) in [4.78, 5) is 12.1. The number of aryl methyl sites for hydroxylation is 2. The van der Waals surface area contributed by atoms with Crippen LogP contribution in [0.15, 0.2) is 41.4 Å². The standard InChI is InChI=1S/C16H19N3O3S/c1-2-12-6-3-4-7-14(12)18-23(21,22)13-10-15-16(20)17-8-5-9-19(15)11-13/h3-4,6-7,10-11,18H,2,5,8-9H2,1H3,(H,17,20). The minimum Gasteiger partial charge on any atom is -0.351 e. The molecule has 2 aromatic rings. The van der Waals surface area contributed by atoms with Gasteiger partial charge >= 0.3 is 0 Å². The van der Waals surface area contributed by atoms with Crippen LogP contribution in [-0.4, -0.2) is 25.4 Å². The van der Waals surface area contributed by atoms with Crippen molar-refractivity contribution in [3.63, 3.8) is 0 Å². The Morgan fingerprint density at radius 3 is 2.87 bits per heavy atom. The first kappa shape index (κ1) is 15.6. The molecule has 7 heteroatoms. The zero-order valence-electron chi connectivity index (χ0n) is 12.9. The number of fused-ring (bicyclic) bond motifs is 1. The number of carbonyl (C=O) groups is 1. The van der Waals surface area contributed by atoms with Crippen molar-refractivity contribution in [1.82, 2.24) is 9.88 Å². The SMILES string of the molecule is CCc1ccccc1NS(=O)(=O)c1cc2n(c1)CCCNC2=O. The van der Waals surface area contributed by atoms with Crippen LogP contribution in [0.3, 0.4) is 0 Å². The van der Waals surface area contributed by atoms with Gasteiger partial charge in [-0.2, -0.15) is 0 Å². The van der Waals surface area contributed by atoms with Crippen LogP contribution in [0.2, 0.25) is 0 Å². The third-order valence-electron chi connectivity index (χ3n) is 3.92. The van der Waals surface area contributed by atoms with Crippen LogP contribution in [0.5, 0.6) is 0 Å². The van der Waals surface area contributed by atoms with Gasteiger partial charge in [-0.15, -0.1) is 0 Å². The van der Waals surface area contributed by atoms with E-state index in [2.05, 4.69) is 10.0 Å². The Balaban J connectivity index is 1.94. The van der Waals surface area contributed by atoms with Crippen LogP contribution in [-0.2, 0) is 23.0 Å². The van der Waals surface area contributed by atoms with Crippen molar-refractivity contribution < 1.29 is 13.2 Å². The van der Waals surface area contributed by atoms with Crippen molar-refractivity contribution in [3.05, 3.63) is 47.8 Å². The number of anilines is 1. The maximum Gasteiger partial charge on any atom is 0.267 e. The van der Waals surface area contributed by atoms with E-state index in [1.807, 2.05) is 19.1 Å². The van der Waals surface area contributed by atoms with Gasteiger partial charge in [-0.3, -0.25) is 9.52 Å². The van der Waals surface area contributed by atoms with Crippen LogP contribution in [0, 0.1) is 0 Å². The lowest BCUT2D eigenvalue weighted by Gasteiger charge is -2.10. The summed E-state index contributed by atoms with van der Waals surface area (Å²) in [6.45, 7) is 3.19. The zero-order valence-corrected chi connectivity index (χ0v) is 13.7. The predicted octanol–water partition coefficient (Wildman–Crippen LogP) is 1.98. The fraction of sp³-hybridized carbons (Fsp3) is 0.312. The summed E-state index contributed by atoms with van der Waals surface area (Å²) in [5.74, 6) is -0.238. The lowest BCUT2D eigenvalue weighted by Crippen LogP contribution is -2.22. The number of hydrogen-bond acceptors (Lipinski definition) is 3. The van der Waals surface area contributed by atoms with E-state index in [9.17, 15) is 13.2 Å². The van der Waals surface area contributed by atoms with Crippen molar-refractivity contribution in [2.75, 3.05) is 11.3 Å². The van der Waals surface area contributed by atoms with Crippen LogP contribution in [0.4, 0.5) is 5.69 Å². The Hall–Kier alpha value is -2.28. The normalized spacial score (nSPS) is 14.7. The van der Waals surface area contributed by atoms with E-state index in [1.165, 1.54) is 12.3 Å². The highest BCUT2D eigenvalue weighted by molar-refractivity contribution is 7.92. The number of nitrogens with one attached hydrogen (secondary N) is 2. The Labute approximate surface area is 135 Å². The number of sulfonamides is 1. The molecule has 0 spiro atoms. The second-order valence-corrected chi connectivity index (χ2v) is 7.16. The second kappa shape index (κ2) is 6.08. The van der Waals surface area contributed by atoms with E-state index >= 15 is 0 Å². The molecule has 0 atom stereocenters. The van der Waals surface area contributed by atoms with Gasteiger partial charge in [0.25, 0.3) is 15.9 Å². The van der Waals surface area contributed by atoms with E-state index in [4.69, 9.17) is 0 Å². The summed E-state index contributed by atoms with van der Waals surface area (Å²) in [5, 5.41) is 2.76. The molecule has 3 rings (SSSR count). The molecule has 0 aliphatic carbocycles. The molecule has 2 heterocycles. The van der Waals surface area contributed by atoms with Gasteiger partial charge in [0.1, 0.15) is 10.6 Å². The zero-order chi connectivity index (χ0) is 16.4. The molecule has 1 aliphatic rings. The molecule has 0 radical (unpaired) electrons. The molecular formula is C16H19N3O3S. The van der Waals surface area contributed by atoms with Gasteiger partial charge < -0.3 is 9.88 Å². The van der Waals surface area contributed by atoms with E-state index in [1.54, 1.807) is 16.7 Å². The van der Waals surface area contributed by atoms with Crippen LogP contribution in [0.25, 0.3) is 0 Å². The van der Waals surface area contributed by atoms with E-state index in [-0.39, 0.29) is 10.8 Å². The van der Waals surface area contributed by atoms with E-state index in [0.29, 0.717) is 24.5 Å². The average molecular weight is 333 g/mol. The average Bonchev–Trinajstić information content (AvgIpc) is 2.89. The van der Waals surface area contributed by atoms with Crippen molar-refractivity contribution in [3.8, 4) is 0 Å². The lowest BCUT2D eigenvalue weighted by atomic mass is 10.1. The topological polar surface area (TPSA) is 80.2 Å². The van der Waals surface area contributed by atoms with Gasteiger partial charge in [-0.05, 0) is 30.5 Å². The number of amides is 1. The molecule has 0 saturated carbocycles. The number of rotatable bonds is 4. The summed E-state index contributed by atoms with van der Waals surface area (Å²) in [6, 6.07) is 8.73. The van der Waals surface area contributed by atoms with Gasteiger partial charge in [0.2, 0.25) is 0 Å². The van der Waals surface area contributed by atoms with Gasteiger partial charge in [-0.1, -0.05) is 25.1 Å². The predicted molar refractivity (Wildman–Crippen MR) is 88.0 cm³/mol. The van der Waals surface area contributed by atoms with Crippen molar-refractivity contribution in [1.29, 1.82) is 0 Å². The molecule has 0 saturated heterocycles. The molecule has 23 heavy (non-hydrogen) atoms. The fourth-order valence-corrected chi connectivity index (χ4v) is 3.82. The van der Waals surface area contributed by atoms with Gasteiger partial charge in [-0.25, -0.2) is 8.42 Å². The van der Waals surface area contributed by atoms with Gasteiger partial charge in [0, 0.05) is 19.3 Å². The van der Waals surface area contributed by atoms with Crippen molar-refractivity contribution >= 4 is 21.6 Å². The van der Waals surface area contributed by atoms with E-state index in [0.717, 1.165) is 18.4 Å². The minimum absolute atomic E-state index is 0.107. The van der Waals surface area contributed by atoms with E-state index < -0.39 is 10.0 Å². The summed E-state index contributed by atoms with van der Waals surface area (Å²) < 4.78 is 29.6. The number of aromatic nitrogens is 1. The Kier molecular flexibility index (Phi) is 4.12. The lowest BCUT2D eigenvalue weighted by molar-refractivity contribution is 0.0951. The molecule has 1 aromatic carbocycles. The van der Waals surface area contributed by atoms with Crippen LogP contribution in [0.1, 0.15) is 29.4 Å². The third-order valence-corrected chi connectivity index (χ3v) is 5.25. The first-order chi connectivity index (χ1) is 11.0. The summed E-state index contributed by atoms with van der Waals surface area (Å²) in [5.41, 5.74) is 1.88. The fourth-order valence-electron chi connectivity index (χ4n) is 2.68. The molecule has 1 aromatic heterocycles. The monoisotopic (exact) mass is 333 g/mol. The first-order valence-electron chi connectivity index (χ1n) is 7.60. The molecular weight excluding hydrogens is 314 g/mol. The Morgan fingerprint density at radius 1 is 1.30 bits per heavy atom. The number of nitrogens with zero attached hydrogens (tertiary/aromatic N) is 1. The molecule has 0 bridgehead atoms. The summed E-state index contributed by atoms with van der Waals surface area (Å²) >= 11 is 0. The quantitative estimate of drug-likeness (QED) is 0.898. The van der Waals surface area contributed by atoms with Crippen molar-refractivity contribution in [2.24, 2.45) is 0 Å². The molecule has 1 amide bonds. The summed E-state index contributed by atoms with van der Waals surface area (Å²) in [6.07, 6.45) is 3.03. The number of benzene rings is 1. The Bertz CT molecular complexity index is 840. The number of carbonyl (C=O) groups excluding carboxylic acids is 1. The van der Waals surface area contributed by atoms with Crippen molar-refractivity contribution in [2.45, 2.75) is 31.2 Å². The largest absolute Gasteiger partial charge is 0.351 e. The highest BCUT2D eigenvalue weighted by Crippen LogP contribution is 2.22. The highest BCUT2D eigenvalue weighted by Gasteiger charge is 2.23. The molecule has 122 valence electrons. The second-order valence-electron chi connectivity index (χ2n) is 5.48. The highest BCUT2D eigenvalue weighted by atomic mass is 32.2. The number of para-hydroxylation sites is 1. The van der Waals surface area contributed by atoms with Gasteiger partial charge in [0.15, 0.2) is 0 Å². The summed E-state index contributed by atoms with van der Waals surface area (Å²) in [7, 11) is -3.73. The van der Waals surface area contributed by atoms with Gasteiger partial charge in [0.05, 0.1) is 5.69 Å². The first-order valence-corrected chi connectivity index (χ1v) is 9.08. The number of hydrogen-bond donors (Lipinski definition) is 2.